The standard InChI is InChI=1S/C10H9Cl4NO/c1-6(16)15-8-4-2-7(3-5-8)9(11)10(12,13)14/h2-5,9H,1H3,(H,15,16). The molecule has 6 heteroatoms. The summed E-state index contributed by atoms with van der Waals surface area (Å²) in [5.41, 5.74) is 1.35. The molecule has 2 nitrogen and oxygen atoms in total. The van der Waals surface area contributed by atoms with Gasteiger partial charge in [-0.25, -0.2) is 0 Å². The highest BCUT2D eigenvalue weighted by atomic mass is 35.6. The number of amides is 1. The van der Waals surface area contributed by atoms with E-state index in [1.807, 2.05) is 0 Å². The van der Waals surface area contributed by atoms with E-state index < -0.39 is 9.17 Å². The van der Waals surface area contributed by atoms with Crippen molar-refractivity contribution in [2.24, 2.45) is 0 Å². The van der Waals surface area contributed by atoms with Crippen LogP contribution in [0.5, 0.6) is 0 Å². The quantitative estimate of drug-likeness (QED) is 0.811. The Balaban J connectivity index is 2.83. The van der Waals surface area contributed by atoms with Crippen molar-refractivity contribution in [3.05, 3.63) is 29.8 Å². The predicted octanol–water partition coefficient (Wildman–Crippen LogP) is 4.30. The minimum atomic E-state index is -1.56. The Morgan fingerprint density at radius 1 is 1.25 bits per heavy atom. The second kappa shape index (κ2) is 5.46. The number of anilines is 1. The Bertz CT molecular complexity index is 371. The van der Waals surface area contributed by atoms with Crippen LogP contribution < -0.4 is 5.32 Å². The first-order valence-corrected chi connectivity index (χ1v) is 5.96. The molecule has 1 unspecified atom stereocenters. The van der Waals surface area contributed by atoms with Crippen LogP contribution in [0.1, 0.15) is 17.9 Å². The molecule has 0 spiro atoms. The Morgan fingerprint density at radius 3 is 2.12 bits per heavy atom. The Morgan fingerprint density at radius 2 is 1.75 bits per heavy atom. The summed E-state index contributed by atoms with van der Waals surface area (Å²) >= 11 is 23.0. The fraction of sp³-hybridized carbons (Fsp3) is 0.300. The van der Waals surface area contributed by atoms with Crippen LogP contribution in [0, 0.1) is 0 Å². The number of carbonyl (C=O) groups is 1. The average Bonchev–Trinajstić information content (AvgIpc) is 2.15. The van der Waals surface area contributed by atoms with Gasteiger partial charge in [0, 0.05) is 12.6 Å². The van der Waals surface area contributed by atoms with Gasteiger partial charge in [0.1, 0.15) is 5.38 Å². The average molecular weight is 301 g/mol. The number of halogens is 4. The second-order valence-electron chi connectivity index (χ2n) is 3.21. The van der Waals surface area contributed by atoms with Crippen LogP contribution in [0.4, 0.5) is 5.69 Å². The molecule has 0 radical (unpaired) electrons. The lowest BCUT2D eigenvalue weighted by atomic mass is 10.1. The largest absolute Gasteiger partial charge is 0.326 e. The van der Waals surface area contributed by atoms with Crippen LogP contribution in [0.25, 0.3) is 0 Å². The molecule has 0 saturated carbocycles. The smallest absolute Gasteiger partial charge is 0.221 e. The summed E-state index contributed by atoms with van der Waals surface area (Å²) in [7, 11) is 0. The van der Waals surface area contributed by atoms with E-state index in [4.69, 9.17) is 46.4 Å². The molecular formula is C10H9Cl4NO. The maximum atomic E-state index is 10.8. The molecule has 0 aromatic heterocycles. The van der Waals surface area contributed by atoms with Gasteiger partial charge < -0.3 is 5.32 Å². The summed E-state index contributed by atoms with van der Waals surface area (Å²) in [6.45, 7) is 1.43. The van der Waals surface area contributed by atoms with Gasteiger partial charge >= 0.3 is 0 Å². The summed E-state index contributed by atoms with van der Waals surface area (Å²) in [5, 5.41) is 1.90. The predicted molar refractivity (Wildman–Crippen MR) is 69.6 cm³/mol. The van der Waals surface area contributed by atoms with Crippen molar-refractivity contribution >= 4 is 58.0 Å². The summed E-state index contributed by atoms with van der Waals surface area (Å²) < 4.78 is -1.56. The van der Waals surface area contributed by atoms with Gasteiger partial charge in [0.25, 0.3) is 0 Å². The number of hydrogen-bond acceptors (Lipinski definition) is 1. The topological polar surface area (TPSA) is 29.1 Å². The summed E-state index contributed by atoms with van der Waals surface area (Å²) in [5.74, 6) is -0.142. The lowest BCUT2D eigenvalue weighted by Gasteiger charge is -2.18. The van der Waals surface area contributed by atoms with Crippen LogP contribution in [0.2, 0.25) is 0 Å². The van der Waals surface area contributed by atoms with Gasteiger partial charge in [-0.05, 0) is 17.7 Å². The van der Waals surface area contributed by atoms with Crippen molar-refractivity contribution in [3.8, 4) is 0 Å². The highest BCUT2D eigenvalue weighted by Gasteiger charge is 2.31. The van der Waals surface area contributed by atoms with Crippen molar-refractivity contribution in [2.45, 2.75) is 16.1 Å². The molecular weight excluding hydrogens is 292 g/mol. The molecule has 1 rings (SSSR count). The molecule has 0 heterocycles. The van der Waals surface area contributed by atoms with E-state index in [1.165, 1.54) is 6.92 Å². The number of benzene rings is 1. The lowest BCUT2D eigenvalue weighted by molar-refractivity contribution is -0.114. The van der Waals surface area contributed by atoms with Gasteiger partial charge in [-0.1, -0.05) is 46.9 Å². The van der Waals surface area contributed by atoms with E-state index in [1.54, 1.807) is 24.3 Å². The van der Waals surface area contributed by atoms with Crippen molar-refractivity contribution in [1.29, 1.82) is 0 Å². The van der Waals surface area contributed by atoms with Gasteiger partial charge in [0.15, 0.2) is 0 Å². The third-order valence-electron chi connectivity index (χ3n) is 1.81. The maximum Gasteiger partial charge on any atom is 0.221 e. The first-order valence-electron chi connectivity index (χ1n) is 4.39. The van der Waals surface area contributed by atoms with Crippen LogP contribution in [0.15, 0.2) is 24.3 Å². The SMILES string of the molecule is CC(=O)Nc1ccc(C(Cl)C(Cl)(Cl)Cl)cc1. The van der Waals surface area contributed by atoms with Crippen LogP contribution in [0.3, 0.4) is 0 Å². The van der Waals surface area contributed by atoms with E-state index in [0.29, 0.717) is 11.3 Å². The number of hydrogen-bond donors (Lipinski definition) is 1. The summed E-state index contributed by atoms with van der Waals surface area (Å²) in [6.07, 6.45) is 0. The minimum absolute atomic E-state index is 0.142. The molecule has 0 bridgehead atoms. The third-order valence-corrected chi connectivity index (χ3v) is 3.38. The van der Waals surface area contributed by atoms with Crippen LogP contribution in [-0.4, -0.2) is 9.70 Å². The molecule has 1 amide bonds. The highest BCUT2D eigenvalue weighted by molar-refractivity contribution is 6.70. The van der Waals surface area contributed by atoms with Crippen molar-refractivity contribution in [2.75, 3.05) is 5.32 Å². The van der Waals surface area contributed by atoms with Gasteiger partial charge in [-0.3, -0.25) is 4.79 Å². The van der Waals surface area contributed by atoms with E-state index in [2.05, 4.69) is 5.32 Å². The second-order valence-corrected chi connectivity index (χ2v) is 6.01. The monoisotopic (exact) mass is 299 g/mol. The zero-order valence-electron chi connectivity index (χ0n) is 8.31. The Kier molecular flexibility index (Phi) is 4.74. The fourth-order valence-electron chi connectivity index (χ4n) is 1.13. The molecule has 0 aliphatic heterocycles. The summed E-state index contributed by atoms with van der Waals surface area (Å²) in [6, 6.07) is 6.79. The molecule has 88 valence electrons. The van der Waals surface area contributed by atoms with Gasteiger partial charge in [-0.15, -0.1) is 11.6 Å². The van der Waals surface area contributed by atoms with Crippen molar-refractivity contribution < 1.29 is 4.79 Å². The molecule has 16 heavy (non-hydrogen) atoms. The minimum Gasteiger partial charge on any atom is -0.326 e. The Labute approximate surface area is 114 Å². The lowest BCUT2D eigenvalue weighted by Crippen LogP contribution is -2.11. The molecule has 1 atom stereocenters. The van der Waals surface area contributed by atoms with E-state index in [-0.39, 0.29) is 5.91 Å². The van der Waals surface area contributed by atoms with E-state index >= 15 is 0 Å². The number of alkyl halides is 4. The van der Waals surface area contributed by atoms with Crippen molar-refractivity contribution in [1.82, 2.24) is 0 Å². The van der Waals surface area contributed by atoms with Gasteiger partial charge in [-0.2, -0.15) is 0 Å². The molecule has 0 aliphatic carbocycles. The van der Waals surface area contributed by atoms with E-state index in [9.17, 15) is 4.79 Å². The molecule has 0 saturated heterocycles. The van der Waals surface area contributed by atoms with E-state index in [0.717, 1.165) is 0 Å². The Hall–Kier alpha value is -0.150. The zero-order chi connectivity index (χ0) is 12.3. The summed E-state index contributed by atoms with van der Waals surface area (Å²) in [4.78, 5) is 10.8. The van der Waals surface area contributed by atoms with Crippen LogP contribution in [-0.2, 0) is 4.79 Å². The molecule has 1 aromatic carbocycles. The fourth-order valence-corrected chi connectivity index (χ4v) is 1.65. The number of rotatable bonds is 2. The number of carbonyl (C=O) groups excluding carboxylic acids is 1. The van der Waals surface area contributed by atoms with Crippen LogP contribution >= 0.6 is 46.4 Å². The first-order chi connectivity index (χ1) is 7.30. The zero-order valence-corrected chi connectivity index (χ0v) is 11.3. The molecule has 1 aromatic rings. The molecule has 0 aliphatic rings. The highest BCUT2D eigenvalue weighted by Crippen LogP contribution is 2.44. The first kappa shape index (κ1) is 13.9. The van der Waals surface area contributed by atoms with Gasteiger partial charge in [0.2, 0.25) is 9.70 Å². The van der Waals surface area contributed by atoms with Crippen molar-refractivity contribution in [3.63, 3.8) is 0 Å². The van der Waals surface area contributed by atoms with Gasteiger partial charge in [0.05, 0.1) is 0 Å². The normalized spacial score (nSPS) is 13.3. The maximum absolute atomic E-state index is 10.8. The molecule has 1 N–H and O–H groups in total. The third kappa shape index (κ3) is 4.02. The molecule has 0 fully saturated rings. The number of nitrogens with one attached hydrogen (secondary N) is 1.